The molecule has 1 rings (SSSR count). The van der Waals surface area contributed by atoms with Crippen LogP contribution in [-0.4, -0.2) is 11.7 Å². The van der Waals surface area contributed by atoms with Crippen molar-refractivity contribution in [3.05, 3.63) is 0 Å². The molecule has 0 bridgehead atoms. The van der Waals surface area contributed by atoms with Gasteiger partial charge in [0, 0.05) is 6.61 Å². The van der Waals surface area contributed by atoms with E-state index in [-0.39, 0.29) is 0 Å². The fourth-order valence-corrected chi connectivity index (χ4v) is 1.56. The van der Waals surface area contributed by atoms with E-state index in [0.29, 0.717) is 12.5 Å². The first-order valence-electron chi connectivity index (χ1n) is 5.77. The molecule has 0 aromatic carbocycles. The Balaban J connectivity index is 0.000000226. The summed E-state index contributed by atoms with van der Waals surface area (Å²) in [6.07, 6.45) is 8.37. The van der Waals surface area contributed by atoms with E-state index in [4.69, 9.17) is 5.11 Å². The monoisotopic (exact) mass is 186 g/mol. The van der Waals surface area contributed by atoms with Crippen molar-refractivity contribution in [1.29, 1.82) is 0 Å². The molecule has 1 aliphatic rings. The lowest BCUT2D eigenvalue weighted by molar-refractivity contribution is 0.268. The molecule has 1 fully saturated rings. The molecule has 1 N–H and O–H groups in total. The smallest absolute Gasteiger partial charge is 0.0433 e. The van der Waals surface area contributed by atoms with E-state index in [9.17, 15) is 0 Å². The Kier molecular flexibility index (Phi) is 8.53. The molecule has 0 unspecified atom stereocenters. The molecular formula is C12H26O. The number of rotatable bonds is 2. The minimum atomic E-state index is 0.331. The summed E-state index contributed by atoms with van der Waals surface area (Å²) in [6.45, 7) is 6.88. The fraction of sp³-hybridized carbons (Fsp3) is 1.00. The maximum absolute atomic E-state index is 8.24. The van der Waals surface area contributed by atoms with Crippen LogP contribution in [0.5, 0.6) is 0 Å². The lowest BCUT2D eigenvalue weighted by atomic mass is 9.91. The Morgan fingerprint density at radius 1 is 1.15 bits per heavy atom. The van der Waals surface area contributed by atoms with Crippen LogP contribution >= 0.6 is 0 Å². The predicted octanol–water partition coefficient (Wildman–Crippen LogP) is 3.61. The average Bonchev–Trinajstić information content (AvgIpc) is 2.06. The second-order valence-electron chi connectivity index (χ2n) is 4.65. The van der Waals surface area contributed by atoms with Gasteiger partial charge in [-0.3, -0.25) is 0 Å². The van der Waals surface area contributed by atoms with E-state index in [1.54, 1.807) is 0 Å². The van der Waals surface area contributed by atoms with Gasteiger partial charge >= 0.3 is 0 Å². The first kappa shape index (κ1) is 13.0. The Morgan fingerprint density at radius 3 is 1.85 bits per heavy atom. The maximum atomic E-state index is 8.24. The highest BCUT2D eigenvalue weighted by atomic mass is 16.2. The molecule has 0 amide bonds. The highest BCUT2D eigenvalue weighted by molar-refractivity contribution is 4.59. The van der Waals surface area contributed by atoms with Crippen molar-refractivity contribution in [1.82, 2.24) is 0 Å². The standard InChI is InChI=1S/C7H14.C5H12O/c1-7-5-3-2-4-6-7;1-5(2)3-4-6/h7H,2-6H2,1H3;5-6H,3-4H2,1-2H3. The molecule has 0 aliphatic heterocycles. The Bertz CT molecular complexity index is 93.3. The fourth-order valence-electron chi connectivity index (χ4n) is 1.56. The van der Waals surface area contributed by atoms with Crippen molar-refractivity contribution in [3.8, 4) is 0 Å². The van der Waals surface area contributed by atoms with Crippen LogP contribution in [0, 0.1) is 11.8 Å². The van der Waals surface area contributed by atoms with E-state index >= 15 is 0 Å². The van der Waals surface area contributed by atoms with Crippen molar-refractivity contribution < 1.29 is 5.11 Å². The first-order chi connectivity index (χ1) is 6.16. The topological polar surface area (TPSA) is 20.2 Å². The molecule has 0 radical (unpaired) electrons. The van der Waals surface area contributed by atoms with Crippen LogP contribution < -0.4 is 0 Å². The van der Waals surface area contributed by atoms with Crippen LogP contribution in [0.15, 0.2) is 0 Å². The number of aliphatic hydroxyl groups excluding tert-OH is 1. The molecule has 0 saturated heterocycles. The summed E-state index contributed by atoms with van der Waals surface area (Å²) in [5, 5.41) is 8.24. The van der Waals surface area contributed by atoms with Gasteiger partial charge in [-0.25, -0.2) is 0 Å². The summed E-state index contributed by atoms with van der Waals surface area (Å²) in [6, 6.07) is 0. The average molecular weight is 186 g/mol. The van der Waals surface area contributed by atoms with Gasteiger partial charge in [-0.05, 0) is 18.3 Å². The van der Waals surface area contributed by atoms with Gasteiger partial charge in [0.05, 0.1) is 0 Å². The third-order valence-corrected chi connectivity index (χ3v) is 2.60. The van der Waals surface area contributed by atoms with Gasteiger partial charge in [-0.2, -0.15) is 0 Å². The third kappa shape index (κ3) is 9.88. The zero-order chi connectivity index (χ0) is 10.1. The highest BCUT2D eigenvalue weighted by Gasteiger charge is 2.05. The van der Waals surface area contributed by atoms with Crippen LogP contribution in [0.2, 0.25) is 0 Å². The second-order valence-corrected chi connectivity index (χ2v) is 4.65. The lowest BCUT2D eigenvalue weighted by Crippen LogP contribution is -1.99. The summed E-state index contributed by atoms with van der Waals surface area (Å²) in [4.78, 5) is 0. The van der Waals surface area contributed by atoms with Crippen LogP contribution in [-0.2, 0) is 0 Å². The molecule has 0 aromatic heterocycles. The molecule has 0 spiro atoms. The number of hydrogen-bond donors (Lipinski definition) is 1. The zero-order valence-corrected chi connectivity index (χ0v) is 9.55. The van der Waals surface area contributed by atoms with Gasteiger partial charge in [0.25, 0.3) is 0 Å². The Labute approximate surface area is 83.5 Å². The number of hydrogen-bond acceptors (Lipinski definition) is 1. The van der Waals surface area contributed by atoms with Gasteiger partial charge < -0.3 is 5.11 Å². The van der Waals surface area contributed by atoms with E-state index in [1.165, 1.54) is 32.1 Å². The Morgan fingerprint density at radius 2 is 1.69 bits per heavy atom. The van der Waals surface area contributed by atoms with Crippen LogP contribution in [0.1, 0.15) is 59.3 Å². The second kappa shape index (κ2) is 8.55. The van der Waals surface area contributed by atoms with E-state index < -0.39 is 0 Å². The van der Waals surface area contributed by atoms with Gasteiger partial charge in [0.1, 0.15) is 0 Å². The quantitative estimate of drug-likeness (QED) is 0.698. The van der Waals surface area contributed by atoms with Crippen molar-refractivity contribution in [3.63, 3.8) is 0 Å². The molecular weight excluding hydrogens is 160 g/mol. The first-order valence-corrected chi connectivity index (χ1v) is 5.77. The molecule has 1 saturated carbocycles. The molecule has 0 atom stereocenters. The largest absolute Gasteiger partial charge is 0.396 e. The van der Waals surface area contributed by atoms with Gasteiger partial charge in [0.2, 0.25) is 0 Å². The normalized spacial score (nSPS) is 18.2. The summed E-state index contributed by atoms with van der Waals surface area (Å²) in [5.41, 5.74) is 0. The predicted molar refractivity (Wildman–Crippen MR) is 58.8 cm³/mol. The molecule has 1 aliphatic carbocycles. The van der Waals surface area contributed by atoms with Gasteiger partial charge in [-0.1, -0.05) is 52.9 Å². The van der Waals surface area contributed by atoms with Gasteiger partial charge in [-0.15, -0.1) is 0 Å². The molecule has 1 nitrogen and oxygen atoms in total. The lowest BCUT2D eigenvalue weighted by Gasteiger charge is -2.15. The van der Waals surface area contributed by atoms with E-state index in [2.05, 4.69) is 20.8 Å². The molecule has 0 aromatic rings. The maximum Gasteiger partial charge on any atom is 0.0433 e. The van der Waals surface area contributed by atoms with E-state index in [0.717, 1.165) is 12.3 Å². The van der Waals surface area contributed by atoms with Crippen molar-refractivity contribution in [2.24, 2.45) is 11.8 Å². The zero-order valence-electron chi connectivity index (χ0n) is 9.55. The van der Waals surface area contributed by atoms with Crippen LogP contribution in [0.3, 0.4) is 0 Å². The molecule has 1 heteroatoms. The third-order valence-electron chi connectivity index (χ3n) is 2.60. The van der Waals surface area contributed by atoms with Crippen molar-refractivity contribution in [2.45, 2.75) is 59.3 Å². The molecule has 13 heavy (non-hydrogen) atoms. The minimum absolute atomic E-state index is 0.331. The SMILES string of the molecule is CC(C)CCO.CC1CCCCC1. The van der Waals surface area contributed by atoms with Crippen molar-refractivity contribution >= 4 is 0 Å². The van der Waals surface area contributed by atoms with Crippen molar-refractivity contribution in [2.75, 3.05) is 6.61 Å². The highest BCUT2D eigenvalue weighted by Crippen LogP contribution is 2.22. The van der Waals surface area contributed by atoms with Gasteiger partial charge in [0.15, 0.2) is 0 Å². The summed E-state index contributed by atoms with van der Waals surface area (Å²) in [7, 11) is 0. The summed E-state index contributed by atoms with van der Waals surface area (Å²) >= 11 is 0. The minimum Gasteiger partial charge on any atom is -0.396 e. The van der Waals surface area contributed by atoms with Crippen LogP contribution in [0.4, 0.5) is 0 Å². The van der Waals surface area contributed by atoms with E-state index in [1.807, 2.05) is 0 Å². The Hall–Kier alpha value is -0.0400. The molecule has 0 heterocycles. The van der Waals surface area contributed by atoms with Crippen LogP contribution in [0.25, 0.3) is 0 Å². The number of aliphatic hydroxyl groups is 1. The summed E-state index contributed by atoms with van der Waals surface area (Å²) in [5.74, 6) is 1.68. The molecule has 80 valence electrons. The summed E-state index contributed by atoms with van der Waals surface area (Å²) < 4.78 is 0.